The monoisotopic (exact) mass is 428 g/mol. The third-order valence-corrected chi connectivity index (χ3v) is 5.21. The highest BCUT2D eigenvalue weighted by molar-refractivity contribution is 9.10. The fourth-order valence-electron chi connectivity index (χ4n) is 1.96. The van der Waals surface area contributed by atoms with E-state index in [1.54, 1.807) is 18.2 Å². The van der Waals surface area contributed by atoms with E-state index in [1.165, 1.54) is 22.0 Å². The topological polar surface area (TPSA) is 56.7 Å². The zero-order chi connectivity index (χ0) is 16.4. The molecule has 0 bridgehead atoms. The SMILES string of the molecule is Nn1c(SCc2ccc(Br)cc2)nnc1-c1ccc(Cl)cc1Cl. The summed E-state index contributed by atoms with van der Waals surface area (Å²) in [5.41, 5.74) is 1.87. The highest BCUT2D eigenvalue weighted by atomic mass is 79.9. The van der Waals surface area contributed by atoms with E-state index in [1.807, 2.05) is 24.3 Å². The first kappa shape index (κ1) is 16.6. The lowest BCUT2D eigenvalue weighted by Crippen LogP contribution is -2.11. The maximum Gasteiger partial charge on any atom is 0.210 e. The van der Waals surface area contributed by atoms with Gasteiger partial charge < -0.3 is 5.84 Å². The smallest absolute Gasteiger partial charge is 0.210 e. The highest BCUT2D eigenvalue weighted by Gasteiger charge is 2.15. The highest BCUT2D eigenvalue weighted by Crippen LogP contribution is 2.30. The molecule has 0 saturated carbocycles. The summed E-state index contributed by atoms with van der Waals surface area (Å²) in [5.74, 6) is 7.35. The normalized spacial score (nSPS) is 10.9. The molecule has 0 unspecified atom stereocenters. The van der Waals surface area contributed by atoms with Gasteiger partial charge >= 0.3 is 0 Å². The van der Waals surface area contributed by atoms with Crippen molar-refractivity contribution < 1.29 is 0 Å². The van der Waals surface area contributed by atoms with Gasteiger partial charge in [-0.3, -0.25) is 0 Å². The largest absolute Gasteiger partial charge is 0.335 e. The lowest BCUT2D eigenvalue weighted by Gasteiger charge is -2.06. The molecule has 1 aromatic heterocycles. The first-order valence-corrected chi connectivity index (χ1v) is 9.11. The third-order valence-electron chi connectivity index (χ3n) is 3.12. The van der Waals surface area contributed by atoms with Crippen LogP contribution >= 0.6 is 50.9 Å². The van der Waals surface area contributed by atoms with Crippen molar-refractivity contribution in [3.63, 3.8) is 0 Å². The molecule has 0 radical (unpaired) electrons. The van der Waals surface area contributed by atoms with Crippen molar-refractivity contribution in [3.05, 3.63) is 62.5 Å². The Balaban J connectivity index is 1.80. The average molecular weight is 430 g/mol. The molecule has 2 N–H and O–H groups in total. The quantitative estimate of drug-likeness (QED) is 0.467. The van der Waals surface area contributed by atoms with E-state index in [0.717, 1.165) is 10.2 Å². The fourth-order valence-corrected chi connectivity index (χ4v) is 3.53. The van der Waals surface area contributed by atoms with Crippen molar-refractivity contribution in [2.75, 3.05) is 5.84 Å². The Labute approximate surface area is 156 Å². The Morgan fingerprint density at radius 3 is 2.52 bits per heavy atom. The Morgan fingerprint density at radius 2 is 1.83 bits per heavy atom. The van der Waals surface area contributed by atoms with E-state index in [9.17, 15) is 0 Å². The van der Waals surface area contributed by atoms with Crippen LogP contribution in [0.15, 0.2) is 52.1 Å². The van der Waals surface area contributed by atoms with E-state index in [4.69, 9.17) is 29.0 Å². The minimum absolute atomic E-state index is 0.487. The molecule has 0 amide bonds. The molecule has 3 aromatic rings. The first-order chi connectivity index (χ1) is 11.0. The Hall–Kier alpha value is -1.21. The van der Waals surface area contributed by atoms with E-state index in [-0.39, 0.29) is 0 Å². The first-order valence-electron chi connectivity index (χ1n) is 6.58. The van der Waals surface area contributed by atoms with Gasteiger partial charge in [0.15, 0.2) is 5.82 Å². The Bertz CT molecular complexity index is 836. The maximum absolute atomic E-state index is 6.20. The Kier molecular flexibility index (Phi) is 5.16. The van der Waals surface area contributed by atoms with Crippen LogP contribution in [0.5, 0.6) is 0 Å². The van der Waals surface area contributed by atoms with E-state index < -0.39 is 0 Å². The fraction of sp³-hybridized carbons (Fsp3) is 0.0667. The van der Waals surface area contributed by atoms with Gasteiger partial charge in [-0.25, -0.2) is 4.68 Å². The number of thioether (sulfide) groups is 1. The Morgan fingerprint density at radius 1 is 1.09 bits per heavy atom. The predicted octanol–water partition coefficient (Wildman–Crippen LogP) is 5.02. The molecule has 23 heavy (non-hydrogen) atoms. The van der Waals surface area contributed by atoms with Gasteiger partial charge in [0, 0.05) is 20.8 Å². The number of aromatic nitrogens is 3. The number of benzene rings is 2. The summed E-state index contributed by atoms with van der Waals surface area (Å²) in [6.45, 7) is 0. The molecule has 0 aliphatic carbocycles. The second-order valence-corrected chi connectivity index (χ2v) is 7.42. The van der Waals surface area contributed by atoms with Crippen LogP contribution in [-0.4, -0.2) is 14.9 Å². The average Bonchev–Trinajstić information content (AvgIpc) is 2.88. The van der Waals surface area contributed by atoms with Crippen molar-refractivity contribution >= 4 is 50.9 Å². The molecule has 2 aromatic carbocycles. The van der Waals surface area contributed by atoms with Crippen LogP contribution in [0.1, 0.15) is 5.56 Å². The summed E-state index contributed by atoms with van der Waals surface area (Å²) >= 11 is 17.0. The number of halogens is 3. The lowest BCUT2D eigenvalue weighted by atomic mass is 10.2. The van der Waals surface area contributed by atoms with E-state index in [2.05, 4.69) is 26.1 Å². The van der Waals surface area contributed by atoms with Crippen molar-refractivity contribution in [1.29, 1.82) is 0 Å². The molecule has 0 saturated heterocycles. The van der Waals surface area contributed by atoms with Gasteiger partial charge in [-0.2, -0.15) is 0 Å². The molecule has 0 fully saturated rings. The summed E-state index contributed by atoms with van der Waals surface area (Å²) in [4.78, 5) is 0. The minimum Gasteiger partial charge on any atom is -0.335 e. The number of nitrogens with two attached hydrogens (primary N) is 1. The van der Waals surface area contributed by atoms with Crippen molar-refractivity contribution in [2.45, 2.75) is 10.9 Å². The van der Waals surface area contributed by atoms with Gasteiger partial charge in [0.25, 0.3) is 0 Å². The number of nitrogen functional groups attached to an aromatic ring is 1. The summed E-state index contributed by atoms with van der Waals surface area (Å²) in [6, 6.07) is 13.3. The lowest BCUT2D eigenvalue weighted by molar-refractivity contribution is 0.849. The van der Waals surface area contributed by atoms with Gasteiger partial charge in [-0.1, -0.05) is 63.0 Å². The molecule has 0 aliphatic heterocycles. The molecule has 1 heterocycles. The summed E-state index contributed by atoms with van der Waals surface area (Å²) < 4.78 is 2.49. The van der Waals surface area contributed by atoms with Crippen LogP contribution in [0.4, 0.5) is 0 Å². The van der Waals surface area contributed by atoms with Crippen molar-refractivity contribution in [2.24, 2.45) is 0 Å². The van der Waals surface area contributed by atoms with Crippen LogP contribution in [0, 0.1) is 0 Å². The van der Waals surface area contributed by atoms with Crippen LogP contribution in [-0.2, 0) is 5.75 Å². The molecule has 3 rings (SSSR count). The molecular formula is C15H11BrCl2N4S. The molecule has 0 atom stereocenters. The number of hydrogen-bond acceptors (Lipinski definition) is 4. The molecular weight excluding hydrogens is 419 g/mol. The van der Waals surface area contributed by atoms with Crippen LogP contribution < -0.4 is 5.84 Å². The second kappa shape index (κ2) is 7.13. The van der Waals surface area contributed by atoms with Gasteiger partial charge in [0.05, 0.1) is 5.02 Å². The summed E-state index contributed by atoms with van der Waals surface area (Å²) in [5, 5.41) is 9.94. The van der Waals surface area contributed by atoms with Crippen molar-refractivity contribution in [3.8, 4) is 11.4 Å². The number of hydrogen-bond donors (Lipinski definition) is 1. The molecule has 8 heteroatoms. The standard InChI is InChI=1S/C15H11BrCl2N4S/c16-10-3-1-9(2-4-10)8-23-15-21-20-14(22(15)19)12-6-5-11(17)7-13(12)18/h1-7H,8,19H2. The van der Waals surface area contributed by atoms with E-state index >= 15 is 0 Å². The molecule has 0 spiro atoms. The molecule has 0 aliphatic rings. The van der Waals surface area contributed by atoms with Crippen LogP contribution in [0.3, 0.4) is 0 Å². The van der Waals surface area contributed by atoms with Crippen LogP contribution in [0.25, 0.3) is 11.4 Å². The number of nitrogens with zero attached hydrogens (tertiary/aromatic N) is 3. The predicted molar refractivity (Wildman–Crippen MR) is 99.3 cm³/mol. The zero-order valence-corrected chi connectivity index (χ0v) is 15.6. The summed E-state index contributed by atoms with van der Waals surface area (Å²) in [7, 11) is 0. The zero-order valence-electron chi connectivity index (χ0n) is 11.7. The molecule has 4 nitrogen and oxygen atoms in total. The van der Waals surface area contributed by atoms with Crippen LogP contribution in [0.2, 0.25) is 10.0 Å². The maximum atomic E-state index is 6.20. The van der Waals surface area contributed by atoms with Gasteiger partial charge in [0.2, 0.25) is 5.16 Å². The van der Waals surface area contributed by atoms with Crippen molar-refractivity contribution in [1.82, 2.24) is 14.9 Å². The summed E-state index contributed by atoms with van der Waals surface area (Å²) in [6.07, 6.45) is 0. The second-order valence-electron chi connectivity index (χ2n) is 4.72. The minimum atomic E-state index is 0.487. The van der Waals surface area contributed by atoms with E-state index in [0.29, 0.717) is 26.6 Å². The van der Waals surface area contributed by atoms with Gasteiger partial charge in [-0.05, 0) is 35.9 Å². The van der Waals surface area contributed by atoms with Gasteiger partial charge in [-0.15, -0.1) is 10.2 Å². The molecule has 118 valence electrons. The number of rotatable bonds is 4. The van der Waals surface area contributed by atoms with Gasteiger partial charge in [0.1, 0.15) is 0 Å². The third kappa shape index (κ3) is 3.83.